The van der Waals surface area contributed by atoms with E-state index in [0.29, 0.717) is 6.04 Å². The van der Waals surface area contributed by atoms with E-state index in [2.05, 4.69) is 49.9 Å². The van der Waals surface area contributed by atoms with Crippen molar-refractivity contribution in [3.8, 4) is 0 Å². The molecule has 16 heavy (non-hydrogen) atoms. The van der Waals surface area contributed by atoms with E-state index in [1.54, 1.807) is 11.3 Å². The molecule has 0 fully saturated rings. The first-order valence-electron chi connectivity index (χ1n) is 5.95. The second-order valence-electron chi connectivity index (χ2n) is 4.46. The van der Waals surface area contributed by atoms with Crippen LogP contribution >= 0.6 is 11.3 Å². The van der Waals surface area contributed by atoms with Gasteiger partial charge >= 0.3 is 0 Å². The van der Waals surface area contributed by atoms with Crippen LogP contribution in [-0.2, 0) is 6.54 Å². The first-order valence-corrected chi connectivity index (χ1v) is 6.77. The Labute approximate surface area is 103 Å². The fraction of sp³-hybridized carbons (Fsp3) is 0.750. The molecule has 0 unspecified atom stereocenters. The van der Waals surface area contributed by atoms with Crippen LogP contribution in [-0.4, -0.2) is 24.6 Å². The Kier molecular flexibility index (Phi) is 5.22. The molecule has 0 atom stereocenters. The first-order chi connectivity index (χ1) is 7.54. The van der Waals surface area contributed by atoms with Crippen molar-refractivity contribution in [1.82, 2.24) is 10.3 Å². The lowest BCUT2D eigenvalue weighted by Crippen LogP contribution is -2.21. The Morgan fingerprint density at radius 1 is 1.44 bits per heavy atom. The maximum absolute atomic E-state index is 4.61. The van der Waals surface area contributed by atoms with Crippen LogP contribution < -0.4 is 10.2 Å². The summed E-state index contributed by atoms with van der Waals surface area (Å²) in [5.74, 6) is 0. The zero-order valence-electron chi connectivity index (χ0n) is 11.0. The number of thiazole rings is 1. The third-order valence-corrected chi connectivity index (χ3v) is 3.71. The summed E-state index contributed by atoms with van der Waals surface area (Å²) in [6, 6.07) is 0.526. The van der Waals surface area contributed by atoms with E-state index in [1.807, 2.05) is 0 Å². The van der Waals surface area contributed by atoms with Gasteiger partial charge in [0.15, 0.2) is 5.13 Å². The van der Waals surface area contributed by atoms with Crippen LogP contribution in [0.15, 0.2) is 0 Å². The fourth-order valence-electron chi connectivity index (χ4n) is 1.47. The molecule has 0 aliphatic carbocycles. The molecule has 0 saturated carbocycles. The average molecular weight is 241 g/mol. The molecule has 1 aromatic heterocycles. The van der Waals surface area contributed by atoms with Crippen LogP contribution in [0.5, 0.6) is 0 Å². The van der Waals surface area contributed by atoms with Crippen LogP contribution in [0, 0.1) is 6.92 Å². The summed E-state index contributed by atoms with van der Waals surface area (Å²) in [5.41, 5.74) is 1.16. The molecule has 1 aromatic rings. The molecular weight excluding hydrogens is 218 g/mol. The van der Waals surface area contributed by atoms with Gasteiger partial charge in [0.1, 0.15) is 0 Å². The van der Waals surface area contributed by atoms with Crippen molar-refractivity contribution in [1.29, 1.82) is 0 Å². The molecular formula is C12H23N3S. The van der Waals surface area contributed by atoms with E-state index in [-0.39, 0.29) is 0 Å². The molecule has 0 amide bonds. The van der Waals surface area contributed by atoms with Crippen molar-refractivity contribution in [3.63, 3.8) is 0 Å². The normalized spacial score (nSPS) is 11.1. The minimum Gasteiger partial charge on any atom is -0.351 e. The summed E-state index contributed by atoms with van der Waals surface area (Å²) in [7, 11) is 2.11. The van der Waals surface area contributed by atoms with Crippen LogP contribution in [0.25, 0.3) is 0 Å². The number of nitrogens with zero attached hydrogens (tertiary/aromatic N) is 2. The minimum absolute atomic E-state index is 0.526. The monoisotopic (exact) mass is 241 g/mol. The maximum atomic E-state index is 4.61. The van der Waals surface area contributed by atoms with E-state index < -0.39 is 0 Å². The molecule has 0 saturated heterocycles. The van der Waals surface area contributed by atoms with Crippen molar-refractivity contribution in [3.05, 3.63) is 10.6 Å². The lowest BCUT2D eigenvalue weighted by atomic mass is 10.3. The van der Waals surface area contributed by atoms with Gasteiger partial charge in [-0.1, -0.05) is 20.8 Å². The topological polar surface area (TPSA) is 28.2 Å². The molecule has 0 aliphatic heterocycles. The molecule has 0 spiro atoms. The Morgan fingerprint density at radius 3 is 2.69 bits per heavy atom. The fourth-order valence-corrected chi connectivity index (χ4v) is 2.47. The Balaban J connectivity index is 2.65. The van der Waals surface area contributed by atoms with Crippen molar-refractivity contribution in [2.45, 2.75) is 46.7 Å². The summed E-state index contributed by atoms with van der Waals surface area (Å²) in [4.78, 5) is 8.20. The molecule has 92 valence electrons. The second kappa shape index (κ2) is 6.21. The lowest BCUT2D eigenvalue weighted by molar-refractivity contribution is 0.591. The highest BCUT2D eigenvalue weighted by Gasteiger charge is 2.10. The summed E-state index contributed by atoms with van der Waals surface area (Å²) in [6.45, 7) is 10.6. The SMILES string of the molecule is CCCN(C)c1nc(C)c(CNC(C)C)s1. The van der Waals surface area contributed by atoms with E-state index in [1.165, 1.54) is 4.88 Å². The zero-order chi connectivity index (χ0) is 12.1. The summed E-state index contributed by atoms with van der Waals surface area (Å²) >= 11 is 1.80. The Hall–Kier alpha value is -0.610. The van der Waals surface area contributed by atoms with E-state index in [9.17, 15) is 0 Å². The van der Waals surface area contributed by atoms with Crippen LogP contribution in [0.1, 0.15) is 37.8 Å². The van der Waals surface area contributed by atoms with Gasteiger partial charge < -0.3 is 10.2 Å². The van der Waals surface area contributed by atoms with Crippen molar-refractivity contribution < 1.29 is 0 Å². The van der Waals surface area contributed by atoms with Gasteiger partial charge in [0, 0.05) is 31.1 Å². The highest BCUT2D eigenvalue weighted by Crippen LogP contribution is 2.25. The van der Waals surface area contributed by atoms with Gasteiger partial charge in [0.2, 0.25) is 0 Å². The molecule has 0 aliphatic rings. The van der Waals surface area contributed by atoms with Crippen LogP contribution in [0.2, 0.25) is 0 Å². The van der Waals surface area contributed by atoms with Crippen molar-refractivity contribution in [2.75, 3.05) is 18.5 Å². The summed E-state index contributed by atoms with van der Waals surface area (Å²) in [5, 5.41) is 4.58. The second-order valence-corrected chi connectivity index (χ2v) is 5.52. The number of aryl methyl sites for hydroxylation is 1. The third kappa shape index (κ3) is 3.76. The largest absolute Gasteiger partial charge is 0.351 e. The molecule has 1 N–H and O–H groups in total. The van der Waals surface area contributed by atoms with Crippen molar-refractivity contribution in [2.24, 2.45) is 0 Å². The molecule has 0 aromatic carbocycles. The summed E-state index contributed by atoms with van der Waals surface area (Å²) in [6.07, 6.45) is 1.16. The maximum Gasteiger partial charge on any atom is 0.185 e. The number of anilines is 1. The van der Waals surface area contributed by atoms with Crippen LogP contribution in [0.4, 0.5) is 5.13 Å². The Morgan fingerprint density at radius 2 is 2.12 bits per heavy atom. The van der Waals surface area contributed by atoms with Gasteiger partial charge in [-0.2, -0.15) is 0 Å². The minimum atomic E-state index is 0.526. The third-order valence-electron chi connectivity index (χ3n) is 2.44. The number of nitrogens with one attached hydrogen (secondary N) is 1. The van der Waals surface area contributed by atoms with Gasteiger partial charge in [-0.05, 0) is 13.3 Å². The van der Waals surface area contributed by atoms with E-state index in [0.717, 1.165) is 30.3 Å². The first kappa shape index (κ1) is 13.5. The van der Waals surface area contributed by atoms with Crippen LogP contribution in [0.3, 0.4) is 0 Å². The van der Waals surface area contributed by atoms with Gasteiger partial charge in [-0.15, -0.1) is 11.3 Å². The molecule has 0 radical (unpaired) electrons. The highest BCUT2D eigenvalue weighted by molar-refractivity contribution is 7.15. The van der Waals surface area contributed by atoms with Gasteiger partial charge in [0.25, 0.3) is 0 Å². The summed E-state index contributed by atoms with van der Waals surface area (Å²) < 4.78 is 0. The molecule has 1 rings (SSSR count). The lowest BCUT2D eigenvalue weighted by Gasteiger charge is -2.13. The standard InChI is InChI=1S/C12H23N3S/c1-6-7-15(5)12-14-10(4)11(16-12)8-13-9(2)3/h9,13H,6-8H2,1-5H3. The molecule has 3 nitrogen and oxygen atoms in total. The van der Waals surface area contributed by atoms with E-state index >= 15 is 0 Å². The van der Waals surface area contributed by atoms with Gasteiger partial charge in [-0.25, -0.2) is 4.98 Å². The van der Waals surface area contributed by atoms with Crippen molar-refractivity contribution >= 4 is 16.5 Å². The number of aromatic nitrogens is 1. The molecule has 1 heterocycles. The van der Waals surface area contributed by atoms with Gasteiger partial charge in [0.05, 0.1) is 5.69 Å². The Bertz CT molecular complexity index is 320. The predicted octanol–water partition coefficient (Wildman–Crippen LogP) is 2.80. The van der Waals surface area contributed by atoms with E-state index in [4.69, 9.17) is 0 Å². The smallest absolute Gasteiger partial charge is 0.185 e. The highest BCUT2D eigenvalue weighted by atomic mass is 32.1. The number of hydrogen-bond acceptors (Lipinski definition) is 4. The zero-order valence-corrected chi connectivity index (χ0v) is 11.8. The molecule has 0 bridgehead atoms. The predicted molar refractivity (Wildman–Crippen MR) is 72.4 cm³/mol. The quantitative estimate of drug-likeness (QED) is 0.830. The van der Waals surface area contributed by atoms with Gasteiger partial charge in [-0.3, -0.25) is 0 Å². The average Bonchev–Trinajstić information content (AvgIpc) is 2.57. The number of rotatable bonds is 6. The number of hydrogen-bond donors (Lipinski definition) is 1. The molecule has 4 heteroatoms.